The SMILES string of the molecule is Cc1c(O)c(-c2ccc3cc(N4CC[C@H](NCC5CC5)C4)cnc3n2)cc2cn(C)nc12. The molecule has 1 aliphatic heterocycles. The number of fused-ring (bicyclic) bond motifs is 2. The van der Waals surface area contributed by atoms with Crippen LogP contribution in [0.1, 0.15) is 24.8 Å². The molecule has 1 atom stereocenters. The fourth-order valence-corrected chi connectivity index (χ4v) is 4.78. The van der Waals surface area contributed by atoms with Crippen molar-refractivity contribution in [1.82, 2.24) is 25.1 Å². The van der Waals surface area contributed by atoms with Crippen LogP contribution in [0.15, 0.2) is 36.7 Å². The van der Waals surface area contributed by atoms with Crippen LogP contribution in [0.3, 0.4) is 0 Å². The minimum atomic E-state index is 0.224. The van der Waals surface area contributed by atoms with Crippen molar-refractivity contribution in [3.05, 3.63) is 42.2 Å². The second kappa shape index (κ2) is 7.45. The smallest absolute Gasteiger partial charge is 0.159 e. The molecule has 4 aromatic rings. The molecular formula is C25H28N6O. The minimum Gasteiger partial charge on any atom is -0.507 e. The highest BCUT2D eigenvalue weighted by atomic mass is 16.3. The number of rotatable bonds is 5. The quantitative estimate of drug-likeness (QED) is 0.504. The van der Waals surface area contributed by atoms with Crippen molar-refractivity contribution in [3.63, 3.8) is 0 Å². The van der Waals surface area contributed by atoms with E-state index < -0.39 is 0 Å². The van der Waals surface area contributed by atoms with Crippen molar-refractivity contribution in [3.8, 4) is 17.0 Å². The standard InChI is InChI=1S/C25H28N6O/c1-15-23-18(13-30(2)29-23)10-21(24(15)32)22-6-5-17-9-20(12-27-25(17)28-22)31-8-7-19(14-31)26-11-16-3-4-16/h5-6,9-10,12-13,16,19,26,32H,3-4,7-8,11,14H2,1-2H3/t19-/m0/s1. The fraction of sp³-hybridized carbons (Fsp3) is 0.400. The number of benzene rings is 1. The summed E-state index contributed by atoms with van der Waals surface area (Å²) in [4.78, 5) is 11.9. The number of hydrogen-bond donors (Lipinski definition) is 2. The van der Waals surface area contributed by atoms with Crippen LogP contribution in [0, 0.1) is 12.8 Å². The van der Waals surface area contributed by atoms with Gasteiger partial charge in [0.25, 0.3) is 0 Å². The Labute approximate surface area is 187 Å². The highest BCUT2D eigenvalue weighted by Gasteiger charge is 2.26. The molecule has 2 aliphatic rings. The summed E-state index contributed by atoms with van der Waals surface area (Å²) in [6, 6.07) is 8.72. The van der Waals surface area contributed by atoms with Crippen molar-refractivity contribution in [1.29, 1.82) is 0 Å². The lowest BCUT2D eigenvalue weighted by Crippen LogP contribution is -2.33. The molecule has 4 heterocycles. The molecule has 2 fully saturated rings. The van der Waals surface area contributed by atoms with Gasteiger partial charge in [0.15, 0.2) is 5.65 Å². The normalized spacial score (nSPS) is 18.8. The molecule has 2 N–H and O–H groups in total. The Bertz CT molecular complexity index is 1330. The summed E-state index contributed by atoms with van der Waals surface area (Å²) in [7, 11) is 1.89. The Hall–Kier alpha value is -3.19. The van der Waals surface area contributed by atoms with E-state index >= 15 is 0 Å². The van der Waals surface area contributed by atoms with Gasteiger partial charge in [0.2, 0.25) is 0 Å². The third-order valence-electron chi connectivity index (χ3n) is 6.87. The number of nitrogens with one attached hydrogen (secondary N) is 1. The Morgan fingerprint density at radius 3 is 2.88 bits per heavy atom. The van der Waals surface area contributed by atoms with E-state index in [-0.39, 0.29) is 5.75 Å². The van der Waals surface area contributed by atoms with Crippen molar-refractivity contribution in [2.75, 3.05) is 24.5 Å². The second-order valence-electron chi connectivity index (χ2n) is 9.36. The Kier molecular flexibility index (Phi) is 4.54. The molecule has 32 heavy (non-hydrogen) atoms. The molecule has 1 saturated heterocycles. The molecule has 0 bridgehead atoms. The lowest BCUT2D eigenvalue weighted by Gasteiger charge is -2.19. The summed E-state index contributed by atoms with van der Waals surface area (Å²) in [6.07, 6.45) is 7.84. The molecule has 1 aliphatic carbocycles. The molecule has 1 aromatic carbocycles. The summed E-state index contributed by atoms with van der Waals surface area (Å²) in [6.45, 7) is 5.14. The van der Waals surface area contributed by atoms with Gasteiger partial charge in [-0.05, 0) is 62.9 Å². The topological polar surface area (TPSA) is 79.1 Å². The van der Waals surface area contributed by atoms with E-state index in [9.17, 15) is 5.11 Å². The van der Waals surface area contributed by atoms with E-state index in [1.807, 2.05) is 38.5 Å². The van der Waals surface area contributed by atoms with Crippen LogP contribution in [0.4, 0.5) is 5.69 Å². The Morgan fingerprint density at radius 2 is 2.03 bits per heavy atom. The number of nitrogens with zero attached hydrogens (tertiary/aromatic N) is 5. The molecule has 6 rings (SSSR count). The minimum absolute atomic E-state index is 0.224. The van der Waals surface area contributed by atoms with Gasteiger partial charge in [-0.15, -0.1) is 0 Å². The van der Waals surface area contributed by atoms with Crippen LogP contribution in [0.5, 0.6) is 5.75 Å². The maximum absolute atomic E-state index is 10.8. The molecule has 0 spiro atoms. The van der Waals surface area contributed by atoms with E-state index in [1.54, 1.807) is 4.68 Å². The van der Waals surface area contributed by atoms with Gasteiger partial charge in [-0.1, -0.05) is 0 Å². The number of aromatic hydroxyl groups is 1. The van der Waals surface area contributed by atoms with Crippen LogP contribution >= 0.6 is 0 Å². The van der Waals surface area contributed by atoms with Gasteiger partial charge in [0, 0.05) is 54.3 Å². The summed E-state index contributed by atoms with van der Waals surface area (Å²) in [5.41, 5.74) is 4.85. The molecule has 7 heteroatoms. The molecule has 0 unspecified atom stereocenters. The highest BCUT2D eigenvalue weighted by molar-refractivity contribution is 5.91. The fourth-order valence-electron chi connectivity index (χ4n) is 4.78. The predicted octanol–water partition coefficient (Wildman–Crippen LogP) is 3.78. The molecule has 0 amide bonds. The molecule has 0 radical (unpaired) electrons. The highest BCUT2D eigenvalue weighted by Crippen LogP contribution is 2.36. The molecule has 164 valence electrons. The van der Waals surface area contributed by atoms with E-state index in [0.29, 0.717) is 17.3 Å². The average Bonchev–Trinajstić information content (AvgIpc) is 3.37. The van der Waals surface area contributed by atoms with Crippen molar-refractivity contribution in [2.45, 2.75) is 32.2 Å². The maximum atomic E-state index is 10.8. The van der Waals surface area contributed by atoms with Crippen LogP contribution < -0.4 is 10.2 Å². The van der Waals surface area contributed by atoms with Gasteiger partial charge in [-0.25, -0.2) is 9.97 Å². The average molecular weight is 429 g/mol. The van der Waals surface area contributed by atoms with Crippen molar-refractivity contribution < 1.29 is 5.11 Å². The van der Waals surface area contributed by atoms with Crippen molar-refractivity contribution in [2.24, 2.45) is 13.0 Å². The molecule has 1 saturated carbocycles. The van der Waals surface area contributed by atoms with Crippen LogP contribution in [0.25, 0.3) is 33.2 Å². The monoisotopic (exact) mass is 428 g/mol. The zero-order valence-electron chi connectivity index (χ0n) is 18.5. The number of pyridine rings is 2. The van der Waals surface area contributed by atoms with Gasteiger partial charge in [0.1, 0.15) is 5.75 Å². The third-order valence-corrected chi connectivity index (χ3v) is 6.87. The van der Waals surface area contributed by atoms with Gasteiger partial charge in [0.05, 0.1) is 23.1 Å². The largest absolute Gasteiger partial charge is 0.507 e. The number of phenolic OH excluding ortho intramolecular Hbond substituents is 1. The third kappa shape index (κ3) is 3.46. The van der Waals surface area contributed by atoms with Crippen LogP contribution in [-0.2, 0) is 7.05 Å². The molecule has 7 nitrogen and oxygen atoms in total. The van der Waals surface area contributed by atoms with Crippen molar-refractivity contribution >= 4 is 27.6 Å². The lowest BCUT2D eigenvalue weighted by atomic mass is 10.0. The number of phenols is 1. The lowest BCUT2D eigenvalue weighted by molar-refractivity contribution is 0.474. The van der Waals surface area contributed by atoms with Gasteiger partial charge < -0.3 is 15.3 Å². The number of aryl methyl sites for hydroxylation is 2. The van der Waals surface area contributed by atoms with Gasteiger partial charge in [-0.3, -0.25) is 4.68 Å². The van der Waals surface area contributed by atoms with E-state index in [0.717, 1.165) is 52.2 Å². The first kappa shape index (κ1) is 19.5. The molecular weight excluding hydrogens is 400 g/mol. The first-order valence-electron chi connectivity index (χ1n) is 11.5. The zero-order chi connectivity index (χ0) is 21.8. The Morgan fingerprint density at radius 1 is 1.16 bits per heavy atom. The summed E-state index contributed by atoms with van der Waals surface area (Å²) < 4.78 is 1.77. The summed E-state index contributed by atoms with van der Waals surface area (Å²) in [5, 5.41) is 21.0. The zero-order valence-corrected chi connectivity index (χ0v) is 18.5. The Balaban J connectivity index is 1.28. The van der Waals surface area contributed by atoms with E-state index in [1.165, 1.54) is 25.8 Å². The number of hydrogen-bond acceptors (Lipinski definition) is 6. The second-order valence-corrected chi connectivity index (χ2v) is 9.36. The number of anilines is 1. The number of aromatic nitrogens is 4. The van der Waals surface area contributed by atoms with Crippen LogP contribution in [-0.4, -0.2) is 50.5 Å². The first-order valence-corrected chi connectivity index (χ1v) is 11.5. The van der Waals surface area contributed by atoms with E-state index in [2.05, 4.69) is 32.4 Å². The predicted molar refractivity (Wildman–Crippen MR) is 127 cm³/mol. The van der Waals surface area contributed by atoms with Gasteiger partial charge in [-0.2, -0.15) is 5.10 Å². The van der Waals surface area contributed by atoms with Gasteiger partial charge >= 0.3 is 0 Å². The summed E-state index contributed by atoms with van der Waals surface area (Å²) >= 11 is 0. The first-order chi connectivity index (χ1) is 15.5. The maximum Gasteiger partial charge on any atom is 0.159 e. The van der Waals surface area contributed by atoms with E-state index in [4.69, 9.17) is 4.98 Å². The summed E-state index contributed by atoms with van der Waals surface area (Å²) in [5.74, 6) is 1.13. The molecule has 3 aromatic heterocycles. The van der Waals surface area contributed by atoms with Crippen LogP contribution in [0.2, 0.25) is 0 Å².